The number of hydrogen-bond donors (Lipinski definition) is 5. The van der Waals surface area contributed by atoms with Crippen molar-refractivity contribution < 1.29 is 14.7 Å². The number of aliphatic hydroxyl groups is 1. The molecule has 0 bridgehead atoms. The molecule has 1 aromatic carbocycles. The molecule has 0 saturated carbocycles. The van der Waals surface area contributed by atoms with Crippen molar-refractivity contribution in [3.05, 3.63) is 29.8 Å². The Morgan fingerprint density at radius 3 is 2.58 bits per heavy atom. The van der Waals surface area contributed by atoms with Gasteiger partial charge < -0.3 is 26.4 Å². The normalized spacial score (nSPS) is 19.8. The van der Waals surface area contributed by atoms with Crippen molar-refractivity contribution >= 4 is 17.6 Å². The van der Waals surface area contributed by atoms with E-state index in [1.807, 2.05) is 19.1 Å². The van der Waals surface area contributed by atoms with Crippen LogP contribution in [-0.4, -0.2) is 49.3 Å². The lowest BCUT2D eigenvalue weighted by molar-refractivity contribution is -0.120. The second-order valence-corrected chi connectivity index (χ2v) is 6.04. The van der Waals surface area contributed by atoms with Crippen LogP contribution < -0.4 is 21.3 Å². The molecule has 0 spiro atoms. The summed E-state index contributed by atoms with van der Waals surface area (Å²) in [6, 6.07) is 6.96. The van der Waals surface area contributed by atoms with Crippen molar-refractivity contribution in [2.24, 2.45) is 5.92 Å². The van der Waals surface area contributed by atoms with Crippen molar-refractivity contribution in [1.82, 2.24) is 16.0 Å². The number of nitrogens with one attached hydrogen (secondary N) is 4. The van der Waals surface area contributed by atoms with Gasteiger partial charge >= 0.3 is 6.03 Å². The van der Waals surface area contributed by atoms with Crippen LogP contribution in [0.25, 0.3) is 0 Å². The number of β-amino-alcohol motifs (C(OH)–C–C–N with tert-alkyl or cyclic N) is 1. The molecule has 2 atom stereocenters. The van der Waals surface area contributed by atoms with E-state index in [1.54, 1.807) is 12.1 Å². The van der Waals surface area contributed by atoms with Gasteiger partial charge in [-0.2, -0.15) is 0 Å². The van der Waals surface area contributed by atoms with E-state index in [9.17, 15) is 14.7 Å². The molecule has 1 fully saturated rings. The van der Waals surface area contributed by atoms with Gasteiger partial charge in [0.25, 0.3) is 0 Å². The molecular weight excluding hydrogens is 308 g/mol. The molecule has 3 amide bonds. The van der Waals surface area contributed by atoms with E-state index in [2.05, 4.69) is 21.3 Å². The van der Waals surface area contributed by atoms with Crippen LogP contribution in [0.5, 0.6) is 0 Å². The van der Waals surface area contributed by atoms with E-state index in [-0.39, 0.29) is 24.3 Å². The Kier molecular flexibility index (Phi) is 7.02. The average Bonchev–Trinajstić information content (AvgIpc) is 2.98. The lowest BCUT2D eigenvalue weighted by atomic mass is 10.1. The van der Waals surface area contributed by atoms with Crippen LogP contribution in [0.2, 0.25) is 0 Å². The Balaban J connectivity index is 1.74. The molecule has 5 N–H and O–H groups in total. The Labute approximate surface area is 142 Å². The van der Waals surface area contributed by atoms with Crippen LogP contribution >= 0.6 is 0 Å². The number of carbonyl (C=O) groups excluding carboxylic acids is 2. The average molecular weight is 334 g/mol. The minimum Gasteiger partial charge on any atom is -0.391 e. The number of amides is 3. The third kappa shape index (κ3) is 5.82. The first-order valence-electron chi connectivity index (χ1n) is 8.37. The third-order valence-corrected chi connectivity index (χ3v) is 3.98. The molecule has 1 saturated heterocycles. The smallest absolute Gasteiger partial charge is 0.319 e. The Morgan fingerprint density at radius 1 is 1.21 bits per heavy atom. The standard InChI is InChI=1S/C17H26N4O3/c1-2-7-19-17(24)21-14-5-3-12(4-6-14)8-16(23)20-10-13-9-18-11-15(13)22/h3-6,13,15,18,22H,2,7-11H2,1H3,(H,20,23)(H2,19,21,24). The number of carbonyl (C=O) groups is 2. The predicted octanol–water partition coefficient (Wildman–Crippen LogP) is 0.457. The highest BCUT2D eigenvalue weighted by Gasteiger charge is 2.24. The Hall–Kier alpha value is -2.12. The summed E-state index contributed by atoms with van der Waals surface area (Å²) in [5, 5.41) is 21.1. The zero-order valence-electron chi connectivity index (χ0n) is 14.0. The summed E-state index contributed by atoms with van der Waals surface area (Å²) in [5.41, 5.74) is 1.56. The molecule has 1 aromatic rings. The third-order valence-electron chi connectivity index (χ3n) is 3.98. The van der Waals surface area contributed by atoms with E-state index in [0.29, 0.717) is 25.3 Å². The second-order valence-electron chi connectivity index (χ2n) is 6.04. The second kappa shape index (κ2) is 9.24. The van der Waals surface area contributed by atoms with E-state index in [0.717, 1.165) is 18.5 Å². The van der Waals surface area contributed by atoms with Crippen LogP contribution in [0, 0.1) is 5.92 Å². The molecular formula is C17H26N4O3. The van der Waals surface area contributed by atoms with Gasteiger partial charge in [-0.25, -0.2) is 4.79 Å². The lowest BCUT2D eigenvalue weighted by Crippen LogP contribution is -2.35. The van der Waals surface area contributed by atoms with E-state index in [1.165, 1.54) is 0 Å². The monoisotopic (exact) mass is 334 g/mol. The fourth-order valence-corrected chi connectivity index (χ4v) is 2.54. The van der Waals surface area contributed by atoms with Gasteiger partial charge in [0.05, 0.1) is 12.5 Å². The van der Waals surface area contributed by atoms with Gasteiger partial charge in [-0.3, -0.25) is 4.79 Å². The fourth-order valence-electron chi connectivity index (χ4n) is 2.54. The number of urea groups is 1. The number of aliphatic hydroxyl groups excluding tert-OH is 1. The molecule has 1 aliphatic heterocycles. The molecule has 132 valence electrons. The summed E-state index contributed by atoms with van der Waals surface area (Å²) in [4.78, 5) is 23.5. The van der Waals surface area contributed by atoms with Crippen LogP contribution in [0.15, 0.2) is 24.3 Å². The molecule has 2 rings (SSSR count). The van der Waals surface area contributed by atoms with Gasteiger partial charge in [-0.1, -0.05) is 19.1 Å². The van der Waals surface area contributed by atoms with Crippen molar-refractivity contribution in [2.45, 2.75) is 25.9 Å². The molecule has 1 heterocycles. The summed E-state index contributed by atoms with van der Waals surface area (Å²) in [6.45, 7) is 4.41. The summed E-state index contributed by atoms with van der Waals surface area (Å²) in [7, 11) is 0. The molecule has 7 heteroatoms. The van der Waals surface area contributed by atoms with Gasteiger partial charge in [0.15, 0.2) is 0 Å². The van der Waals surface area contributed by atoms with Gasteiger partial charge in [0.2, 0.25) is 5.91 Å². The highest BCUT2D eigenvalue weighted by Crippen LogP contribution is 2.11. The topological polar surface area (TPSA) is 102 Å². The molecule has 1 aliphatic rings. The minimum absolute atomic E-state index is 0.0714. The lowest BCUT2D eigenvalue weighted by Gasteiger charge is -2.14. The fraction of sp³-hybridized carbons (Fsp3) is 0.529. The minimum atomic E-state index is -0.394. The maximum atomic E-state index is 12.0. The Bertz CT molecular complexity index is 547. The molecule has 2 unspecified atom stereocenters. The van der Waals surface area contributed by atoms with Crippen molar-refractivity contribution in [3.63, 3.8) is 0 Å². The summed E-state index contributed by atoms with van der Waals surface area (Å²) in [6.07, 6.45) is 0.767. The molecule has 0 aliphatic carbocycles. The highest BCUT2D eigenvalue weighted by atomic mass is 16.3. The predicted molar refractivity (Wildman–Crippen MR) is 92.8 cm³/mol. The van der Waals surface area contributed by atoms with Gasteiger partial charge in [-0.05, 0) is 24.1 Å². The quantitative estimate of drug-likeness (QED) is 0.500. The van der Waals surface area contributed by atoms with E-state index in [4.69, 9.17) is 0 Å². The first kappa shape index (κ1) is 18.2. The number of hydrogen-bond acceptors (Lipinski definition) is 4. The van der Waals surface area contributed by atoms with E-state index >= 15 is 0 Å². The zero-order chi connectivity index (χ0) is 17.4. The van der Waals surface area contributed by atoms with Crippen molar-refractivity contribution in [2.75, 3.05) is 31.5 Å². The number of anilines is 1. The van der Waals surface area contributed by atoms with Gasteiger partial charge in [-0.15, -0.1) is 0 Å². The van der Waals surface area contributed by atoms with Crippen molar-refractivity contribution in [1.29, 1.82) is 0 Å². The summed E-state index contributed by atoms with van der Waals surface area (Å²) >= 11 is 0. The molecule has 24 heavy (non-hydrogen) atoms. The van der Waals surface area contributed by atoms with E-state index < -0.39 is 6.10 Å². The zero-order valence-corrected chi connectivity index (χ0v) is 14.0. The van der Waals surface area contributed by atoms with Crippen LogP contribution in [0.3, 0.4) is 0 Å². The van der Waals surface area contributed by atoms with Crippen LogP contribution in [-0.2, 0) is 11.2 Å². The molecule has 0 aromatic heterocycles. The maximum Gasteiger partial charge on any atom is 0.319 e. The largest absolute Gasteiger partial charge is 0.391 e. The molecule has 7 nitrogen and oxygen atoms in total. The SMILES string of the molecule is CCCNC(=O)Nc1ccc(CC(=O)NCC2CNCC2O)cc1. The Morgan fingerprint density at radius 2 is 1.96 bits per heavy atom. The molecule has 0 radical (unpaired) electrons. The highest BCUT2D eigenvalue weighted by molar-refractivity contribution is 5.89. The summed E-state index contributed by atoms with van der Waals surface area (Å²) < 4.78 is 0. The van der Waals surface area contributed by atoms with Gasteiger partial charge in [0, 0.05) is 37.8 Å². The van der Waals surface area contributed by atoms with Crippen LogP contribution in [0.1, 0.15) is 18.9 Å². The maximum absolute atomic E-state index is 12.0. The first-order valence-corrected chi connectivity index (χ1v) is 8.37. The van der Waals surface area contributed by atoms with Crippen LogP contribution in [0.4, 0.5) is 10.5 Å². The number of benzene rings is 1. The van der Waals surface area contributed by atoms with Gasteiger partial charge in [0.1, 0.15) is 0 Å². The number of rotatable bonds is 7. The summed E-state index contributed by atoms with van der Waals surface area (Å²) in [5.74, 6) is -0.00217. The first-order chi connectivity index (χ1) is 11.6. The van der Waals surface area contributed by atoms with Crippen molar-refractivity contribution in [3.8, 4) is 0 Å².